The third-order valence-electron chi connectivity index (χ3n) is 5.77. The Kier molecular flexibility index (Phi) is 10.3. The number of ether oxygens (including phenoxy) is 2. The van der Waals surface area contributed by atoms with Gasteiger partial charge in [-0.1, -0.05) is 71.0 Å². The van der Waals surface area contributed by atoms with Crippen molar-refractivity contribution < 1.29 is 19.0 Å². The molecule has 1 aliphatic heterocycles. The summed E-state index contributed by atoms with van der Waals surface area (Å²) in [5, 5.41) is 10.8. The second-order valence-electron chi connectivity index (χ2n) is 10.8. The molecule has 0 saturated carbocycles. The Balaban J connectivity index is 2.79. The summed E-state index contributed by atoms with van der Waals surface area (Å²) < 4.78 is 17.9. The van der Waals surface area contributed by atoms with Crippen molar-refractivity contribution in [3.05, 3.63) is 11.8 Å². The van der Waals surface area contributed by atoms with E-state index in [1.165, 1.54) is 0 Å². The van der Waals surface area contributed by atoms with Crippen molar-refractivity contribution in [3.8, 4) is 11.8 Å². The number of aliphatic hydroxyl groups is 1. The van der Waals surface area contributed by atoms with Gasteiger partial charge >= 0.3 is 0 Å². The van der Waals surface area contributed by atoms with Gasteiger partial charge in [0.15, 0.2) is 14.6 Å². The van der Waals surface area contributed by atoms with Crippen LogP contribution in [0.15, 0.2) is 11.8 Å². The first kappa shape index (κ1) is 26.6. The molecule has 0 aromatic rings. The fourth-order valence-corrected chi connectivity index (χ4v) is 4.75. The molecule has 1 unspecified atom stereocenters. The molecule has 1 N–H and O–H groups in total. The first-order valence-corrected chi connectivity index (χ1v) is 17.5. The maximum atomic E-state index is 10.7. The maximum absolute atomic E-state index is 10.7. The minimum absolute atomic E-state index is 0.114. The van der Waals surface area contributed by atoms with Crippen LogP contribution in [0.25, 0.3) is 0 Å². The number of hydrogen-bond donors (Lipinski definition) is 1. The Morgan fingerprint density at radius 1 is 1.17 bits per heavy atom. The third-order valence-corrected chi connectivity index (χ3v) is 11.4. The summed E-state index contributed by atoms with van der Waals surface area (Å²) >= 11 is 0. The molecule has 0 aromatic carbocycles. The summed E-state index contributed by atoms with van der Waals surface area (Å²) in [4.78, 5) is 0. The first-order chi connectivity index (χ1) is 13.2. The summed E-state index contributed by atoms with van der Waals surface area (Å²) in [5.41, 5.74) is 2.31. The van der Waals surface area contributed by atoms with Crippen molar-refractivity contribution in [1.29, 1.82) is 0 Å². The van der Waals surface area contributed by atoms with Crippen LogP contribution in [0.3, 0.4) is 0 Å². The van der Waals surface area contributed by atoms with Crippen LogP contribution in [0.4, 0.5) is 0 Å². The third kappa shape index (κ3) is 9.95. The fourth-order valence-electron chi connectivity index (χ4n) is 2.66. The van der Waals surface area contributed by atoms with Gasteiger partial charge in [0, 0.05) is 12.5 Å². The minimum atomic E-state index is -1.97. The smallest absolute Gasteiger partial charge is 0.192 e. The summed E-state index contributed by atoms with van der Waals surface area (Å²) in [6.07, 6.45) is 4.28. The average Bonchev–Trinajstić information content (AvgIpc) is 2.60. The zero-order valence-corrected chi connectivity index (χ0v) is 22.2. The van der Waals surface area contributed by atoms with Crippen molar-refractivity contribution >= 4 is 16.4 Å². The molecule has 0 aromatic heterocycles. The van der Waals surface area contributed by atoms with Crippen molar-refractivity contribution in [2.75, 3.05) is 13.2 Å². The lowest BCUT2D eigenvalue weighted by Gasteiger charge is -2.40. The Labute approximate surface area is 181 Å². The SMILES string of the molecule is C[C@H]([C@H](O)C#CCOC1CCCCO1)[C@@H](/C=C/[Si](C)(C)C)O[Si](C)(C)C(C)(C)C. The van der Waals surface area contributed by atoms with Crippen molar-refractivity contribution in [3.63, 3.8) is 0 Å². The van der Waals surface area contributed by atoms with E-state index >= 15 is 0 Å². The van der Waals surface area contributed by atoms with E-state index in [9.17, 15) is 5.11 Å². The Morgan fingerprint density at radius 2 is 1.83 bits per heavy atom. The quantitative estimate of drug-likeness (QED) is 0.408. The molecule has 0 amide bonds. The molecule has 0 aliphatic carbocycles. The highest BCUT2D eigenvalue weighted by atomic mass is 28.4. The lowest BCUT2D eigenvalue weighted by molar-refractivity contribution is -0.154. The highest BCUT2D eigenvalue weighted by Gasteiger charge is 2.40. The molecule has 6 heteroatoms. The largest absolute Gasteiger partial charge is 0.410 e. The highest BCUT2D eigenvalue weighted by Crippen LogP contribution is 2.38. The zero-order chi connectivity index (χ0) is 22.3. The molecule has 4 nitrogen and oxygen atoms in total. The molecule has 1 fully saturated rings. The van der Waals surface area contributed by atoms with Gasteiger partial charge in [-0.05, 0) is 37.4 Å². The molecule has 168 valence electrons. The van der Waals surface area contributed by atoms with Crippen molar-refractivity contribution in [1.82, 2.24) is 0 Å². The lowest BCUT2D eigenvalue weighted by Crippen LogP contribution is -2.46. The standard InChI is InChI=1S/C23H44O4Si2/c1-19(20(24)13-12-17-26-22-14-10-11-16-25-22)21(15-18-28(5,6)7)27-29(8,9)23(2,3)4/h15,18-22,24H,10-11,14,16-17H2,1-9H3/b18-15+/t19-,20-,21-,22?/m1/s1. The van der Waals surface area contributed by atoms with Gasteiger partial charge in [-0.25, -0.2) is 0 Å². The number of hydrogen-bond acceptors (Lipinski definition) is 4. The van der Waals surface area contributed by atoms with Crippen LogP contribution in [0.2, 0.25) is 37.8 Å². The maximum Gasteiger partial charge on any atom is 0.192 e. The van der Waals surface area contributed by atoms with E-state index in [0.717, 1.165) is 25.9 Å². The van der Waals surface area contributed by atoms with E-state index in [1.54, 1.807) is 0 Å². The molecule has 1 rings (SSSR count). The molecule has 4 atom stereocenters. The van der Waals surface area contributed by atoms with Gasteiger partial charge in [-0.3, -0.25) is 0 Å². The van der Waals surface area contributed by atoms with E-state index in [-0.39, 0.29) is 30.0 Å². The van der Waals surface area contributed by atoms with Gasteiger partial charge in [-0.2, -0.15) is 0 Å². The second-order valence-corrected chi connectivity index (χ2v) is 20.6. The minimum Gasteiger partial charge on any atom is -0.410 e. The second kappa shape index (κ2) is 11.3. The van der Waals surface area contributed by atoms with Gasteiger partial charge in [0.2, 0.25) is 0 Å². The summed E-state index contributed by atoms with van der Waals surface area (Å²) in [6, 6.07) is 0. The van der Waals surface area contributed by atoms with Crippen molar-refractivity contribution in [2.24, 2.45) is 5.92 Å². The Morgan fingerprint density at radius 3 is 2.34 bits per heavy atom. The molecule has 0 spiro atoms. The molecular formula is C23H44O4Si2. The lowest BCUT2D eigenvalue weighted by atomic mass is 9.98. The Hall–Kier alpha value is -0.426. The van der Waals surface area contributed by atoms with Gasteiger partial charge in [-0.15, -0.1) is 0 Å². The van der Waals surface area contributed by atoms with Crippen LogP contribution in [-0.2, 0) is 13.9 Å². The van der Waals surface area contributed by atoms with E-state index in [4.69, 9.17) is 13.9 Å². The molecule has 0 bridgehead atoms. The molecule has 1 saturated heterocycles. The Bertz CT molecular complexity index is 572. The van der Waals surface area contributed by atoms with Crippen LogP contribution in [0, 0.1) is 17.8 Å². The monoisotopic (exact) mass is 440 g/mol. The highest BCUT2D eigenvalue weighted by molar-refractivity contribution is 6.81. The van der Waals surface area contributed by atoms with Crippen LogP contribution in [0.5, 0.6) is 0 Å². The molecule has 29 heavy (non-hydrogen) atoms. The predicted octanol–water partition coefficient (Wildman–Crippen LogP) is 5.35. The van der Waals surface area contributed by atoms with E-state index in [1.807, 2.05) is 6.92 Å². The predicted molar refractivity (Wildman–Crippen MR) is 127 cm³/mol. The van der Waals surface area contributed by atoms with Gasteiger partial charge in [0.05, 0.1) is 14.2 Å². The van der Waals surface area contributed by atoms with Crippen LogP contribution in [-0.4, -0.2) is 53.2 Å². The van der Waals surface area contributed by atoms with Crippen LogP contribution < -0.4 is 0 Å². The van der Waals surface area contributed by atoms with E-state index in [2.05, 4.69) is 77.1 Å². The van der Waals surface area contributed by atoms with Gasteiger partial charge in [0.25, 0.3) is 0 Å². The van der Waals surface area contributed by atoms with Gasteiger partial charge < -0.3 is 19.0 Å². The number of aliphatic hydroxyl groups excluding tert-OH is 1. The van der Waals surface area contributed by atoms with Crippen LogP contribution >= 0.6 is 0 Å². The summed E-state index contributed by atoms with van der Waals surface area (Å²) in [5.74, 6) is 5.82. The van der Waals surface area contributed by atoms with E-state index < -0.39 is 22.5 Å². The van der Waals surface area contributed by atoms with Crippen molar-refractivity contribution in [2.45, 2.75) is 103 Å². The van der Waals surface area contributed by atoms with E-state index in [0.29, 0.717) is 0 Å². The average molecular weight is 441 g/mol. The molecule has 1 heterocycles. The normalized spacial score (nSPS) is 22.1. The first-order valence-electron chi connectivity index (χ1n) is 11.0. The van der Waals surface area contributed by atoms with Crippen LogP contribution in [0.1, 0.15) is 47.0 Å². The molecule has 0 radical (unpaired) electrons. The topological polar surface area (TPSA) is 47.9 Å². The summed E-state index contributed by atoms with van der Waals surface area (Å²) in [6.45, 7) is 21.2. The zero-order valence-electron chi connectivity index (χ0n) is 20.2. The van der Waals surface area contributed by atoms with Gasteiger partial charge in [0.1, 0.15) is 12.7 Å². The number of rotatable bonds is 8. The molecular weight excluding hydrogens is 396 g/mol. The fraction of sp³-hybridized carbons (Fsp3) is 0.826. The summed E-state index contributed by atoms with van der Waals surface area (Å²) in [7, 11) is -3.34. The molecule has 1 aliphatic rings.